The van der Waals surface area contributed by atoms with E-state index in [4.69, 9.17) is 5.11 Å². The molecule has 0 spiro atoms. The second-order valence-corrected chi connectivity index (χ2v) is 4.83. The van der Waals surface area contributed by atoms with Crippen LogP contribution in [0.25, 0.3) is 11.3 Å². The average Bonchev–Trinajstić information content (AvgIpc) is 2.57. The third-order valence-electron chi connectivity index (χ3n) is 2.59. The van der Waals surface area contributed by atoms with Crippen molar-refractivity contribution in [2.45, 2.75) is 6.42 Å². The number of halogens is 1. The predicted molar refractivity (Wildman–Crippen MR) is 70.5 cm³/mol. The molecular weight excluding hydrogens is 300 g/mol. The molecule has 0 radical (unpaired) electrons. The van der Waals surface area contributed by atoms with Gasteiger partial charge in [0.15, 0.2) is 0 Å². The third kappa shape index (κ3) is 2.38. The van der Waals surface area contributed by atoms with Crippen LogP contribution in [0, 0.1) is 0 Å². The number of aromatic nitrogens is 2. The molecule has 0 saturated heterocycles. The van der Waals surface area contributed by atoms with Gasteiger partial charge in [0.25, 0.3) is 5.56 Å². The van der Waals surface area contributed by atoms with Crippen LogP contribution in [0.3, 0.4) is 0 Å². The highest BCUT2D eigenvalue weighted by molar-refractivity contribution is 9.10. The van der Waals surface area contributed by atoms with Gasteiger partial charge < -0.3 is 5.11 Å². The van der Waals surface area contributed by atoms with Gasteiger partial charge in [0, 0.05) is 17.1 Å². The Kier molecular flexibility index (Phi) is 3.38. The van der Waals surface area contributed by atoms with Gasteiger partial charge in [-0.15, -0.1) is 0 Å². The van der Waals surface area contributed by atoms with Crippen LogP contribution in [0.5, 0.6) is 0 Å². The van der Waals surface area contributed by atoms with Gasteiger partial charge in [-0.2, -0.15) is 0 Å². The summed E-state index contributed by atoms with van der Waals surface area (Å²) in [6.07, 6.45) is -0.294. The van der Waals surface area contributed by atoms with Crippen LogP contribution in [0.2, 0.25) is 0 Å². The quantitative estimate of drug-likeness (QED) is 0.907. The molecule has 1 aromatic carbocycles. The second kappa shape index (κ2) is 4.81. The zero-order valence-electron chi connectivity index (χ0n) is 9.61. The maximum absolute atomic E-state index is 11.8. The first-order chi connectivity index (χ1) is 8.49. The minimum atomic E-state index is -1.03. The summed E-state index contributed by atoms with van der Waals surface area (Å²) in [7, 11) is 1.56. The summed E-state index contributed by atoms with van der Waals surface area (Å²) in [6, 6.07) is 7.34. The highest BCUT2D eigenvalue weighted by Gasteiger charge is 2.16. The van der Waals surface area contributed by atoms with Crippen molar-refractivity contribution in [2.75, 3.05) is 0 Å². The number of nitrogens with one attached hydrogen (secondary N) is 1. The molecule has 0 amide bonds. The van der Waals surface area contributed by atoms with Crippen molar-refractivity contribution in [1.82, 2.24) is 9.78 Å². The van der Waals surface area contributed by atoms with Crippen molar-refractivity contribution in [2.24, 2.45) is 7.05 Å². The van der Waals surface area contributed by atoms with Crippen LogP contribution in [0.15, 0.2) is 33.5 Å². The molecule has 2 aromatic rings. The number of aryl methyl sites for hydroxylation is 1. The Morgan fingerprint density at radius 1 is 1.50 bits per heavy atom. The standard InChI is InChI=1S/C12H11BrN2O3/c1-15-12(18)9(6-10(16)17)11(14-15)7-3-2-4-8(13)5-7/h2-5,14H,6H2,1H3,(H,16,17). The molecule has 2 N–H and O–H groups in total. The van der Waals surface area contributed by atoms with Crippen LogP contribution in [-0.4, -0.2) is 20.9 Å². The van der Waals surface area contributed by atoms with Gasteiger partial charge in [0.1, 0.15) is 0 Å². The number of nitrogens with zero attached hydrogens (tertiary/aromatic N) is 1. The fraction of sp³-hybridized carbons (Fsp3) is 0.167. The normalized spacial score (nSPS) is 10.6. The maximum atomic E-state index is 11.8. The zero-order chi connectivity index (χ0) is 13.3. The summed E-state index contributed by atoms with van der Waals surface area (Å²) in [4.78, 5) is 22.6. The number of rotatable bonds is 3. The largest absolute Gasteiger partial charge is 0.481 e. The SMILES string of the molecule is Cn1[nH]c(-c2cccc(Br)c2)c(CC(=O)O)c1=O. The van der Waals surface area contributed by atoms with E-state index >= 15 is 0 Å². The number of hydrogen-bond acceptors (Lipinski definition) is 2. The van der Waals surface area contributed by atoms with Crippen LogP contribution in [-0.2, 0) is 18.3 Å². The Hall–Kier alpha value is -1.82. The first-order valence-electron chi connectivity index (χ1n) is 5.24. The van der Waals surface area contributed by atoms with Crippen LogP contribution in [0.1, 0.15) is 5.56 Å². The van der Waals surface area contributed by atoms with E-state index in [1.54, 1.807) is 7.05 Å². The monoisotopic (exact) mass is 310 g/mol. The molecule has 5 nitrogen and oxygen atoms in total. The maximum Gasteiger partial charge on any atom is 0.308 e. The molecule has 0 atom stereocenters. The molecule has 0 fully saturated rings. The van der Waals surface area contributed by atoms with E-state index in [9.17, 15) is 9.59 Å². The van der Waals surface area contributed by atoms with Crippen molar-refractivity contribution < 1.29 is 9.90 Å². The van der Waals surface area contributed by atoms with Gasteiger partial charge in [-0.25, -0.2) is 0 Å². The molecule has 0 aliphatic heterocycles. The number of hydrogen-bond donors (Lipinski definition) is 2. The minimum Gasteiger partial charge on any atom is -0.481 e. The lowest BCUT2D eigenvalue weighted by Crippen LogP contribution is -2.17. The lowest BCUT2D eigenvalue weighted by molar-refractivity contribution is -0.136. The number of carbonyl (C=O) groups is 1. The Morgan fingerprint density at radius 2 is 2.22 bits per heavy atom. The molecular formula is C12H11BrN2O3. The number of carboxylic acids is 1. The van der Waals surface area contributed by atoms with E-state index in [-0.39, 0.29) is 17.5 Å². The summed E-state index contributed by atoms with van der Waals surface area (Å²) in [5.41, 5.74) is 1.28. The molecule has 94 valence electrons. The van der Waals surface area contributed by atoms with E-state index in [0.29, 0.717) is 5.69 Å². The lowest BCUT2D eigenvalue weighted by atomic mass is 10.1. The van der Waals surface area contributed by atoms with Gasteiger partial charge in [0.2, 0.25) is 0 Å². The van der Waals surface area contributed by atoms with E-state index in [1.165, 1.54) is 4.68 Å². The first kappa shape index (κ1) is 12.6. The van der Waals surface area contributed by atoms with Crippen molar-refractivity contribution in [3.63, 3.8) is 0 Å². The summed E-state index contributed by atoms with van der Waals surface area (Å²) >= 11 is 3.35. The van der Waals surface area contributed by atoms with E-state index in [2.05, 4.69) is 21.0 Å². The lowest BCUT2D eigenvalue weighted by Gasteiger charge is -2.01. The van der Waals surface area contributed by atoms with Crippen molar-refractivity contribution in [3.05, 3.63) is 44.7 Å². The summed E-state index contributed by atoms with van der Waals surface area (Å²) < 4.78 is 2.15. The Bertz CT molecular complexity index is 658. The minimum absolute atomic E-state index is 0.267. The highest BCUT2D eigenvalue weighted by Crippen LogP contribution is 2.23. The molecule has 0 aliphatic carbocycles. The van der Waals surface area contributed by atoms with Crippen molar-refractivity contribution in [1.29, 1.82) is 0 Å². The Morgan fingerprint density at radius 3 is 2.83 bits per heavy atom. The number of H-pyrrole nitrogens is 1. The third-order valence-corrected chi connectivity index (χ3v) is 3.08. The van der Waals surface area contributed by atoms with Gasteiger partial charge in [-0.05, 0) is 12.1 Å². The predicted octanol–water partition coefficient (Wildman–Crippen LogP) is 1.77. The zero-order valence-corrected chi connectivity index (χ0v) is 11.2. The van der Waals surface area contributed by atoms with Crippen molar-refractivity contribution in [3.8, 4) is 11.3 Å². The molecule has 1 aromatic heterocycles. The number of carboxylic acid groups (broad SMARTS) is 1. The highest BCUT2D eigenvalue weighted by atomic mass is 79.9. The van der Waals surface area contributed by atoms with E-state index in [0.717, 1.165) is 10.0 Å². The Balaban J connectivity index is 2.60. The summed E-state index contributed by atoms with van der Waals surface area (Å²) in [5, 5.41) is 11.7. The fourth-order valence-corrected chi connectivity index (χ4v) is 2.19. The average molecular weight is 311 g/mol. The first-order valence-corrected chi connectivity index (χ1v) is 6.04. The molecule has 0 bridgehead atoms. The Labute approximate surface area is 111 Å². The summed E-state index contributed by atoms with van der Waals surface area (Å²) in [5.74, 6) is -1.03. The van der Waals surface area contributed by atoms with Gasteiger partial charge in [-0.1, -0.05) is 28.1 Å². The molecule has 0 saturated carbocycles. The van der Waals surface area contributed by atoms with Crippen molar-refractivity contribution >= 4 is 21.9 Å². The second-order valence-electron chi connectivity index (χ2n) is 3.91. The molecule has 0 aliphatic rings. The van der Waals surface area contributed by atoms with Crippen LogP contribution < -0.4 is 5.56 Å². The van der Waals surface area contributed by atoms with E-state index < -0.39 is 5.97 Å². The molecule has 0 unspecified atom stereocenters. The van der Waals surface area contributed by atoms with E-state index in [1.807, 2.05) is 24.3 Å². The topological polar surface area (TPSA) is 75.1 Å². The molecule has 18 heavy (non-hydrogen) atoms. The number of benzene rings is 1. The van der Waals surface area contributed by atoms with Gasteiger partial charge >= 0.3 is 5.97 Å². The number of aliphatic carboxylic acids is 1. The van der Waals surface area contributed by atoms with Crippen LogP contribution in [0.4, 0.5) is 0 Å². The van der Waals surface area contributed by atoms with Gasteiger partial charge in [0.05, 0.1) is 17.7 Å². The van der Waals surface area contributed by atoms with Crippen LogP contribution >= 0.6 is 15.9 Å². The molecule has 1 heterocycles. The molecule has 2 rings (SSSR count). The fourth-order valence-electron chi connectivity index (χ4n) is 1.79. The van der Waals surface area contributed by atoms with Gasteiger partial charge in [-0.3, -0.25) is 19.4 Å². The summed E-state index contributed by atoms with van der Waals surface area (Å²) in [6.45, 7) is 0. The number of aromatic amines is 1. The smallest absolute Gasteiger partial charge is 0.308 e. The molecule has 6 heteroatoms.